The van der Waals surface area contributed by atoms with E-state index < -0.39 is 0 Å². The SMILES string of the molecule is O=C(CCl)NCC(CO)c1ccc(Cl)c(Cl)c1. The Morgan fingerprint density at radius 1 is 1.35 bits per heavy atom. The molecule has 1 rings (SSSR count). The van der Waals surface area contributed by atoms with Gasteiger partial charge in [0.1, 0.15) is 5.88 Å². The van der Waals surface area contributed by atoms with E-state index in [1.54, 1.807) is 18.2 Å². The topological polar surface area (TPSA) is 49.3 Å². The van der Waals surface area contributed by atoms with Gasteiger partial charge in [0.15, 0.2) is 0 Å². The van der Waals surface area contributed by atoms with Crippen LogP contribution in [-0.4, -0.2) is 30.0 Å². The molecule has 0 aliphatic heterocycles. The highest BCUT2D eigenvalue weighted by molar-refractivity contribution is 6.42. The lowest BCUT2D eigenvalue weighted by atomic mass is 10.00. The highest BCUT2D eigenvalue weighted by Gasteiger charge is 2.13. The molecule has 17 heavy (non-hydrogen) atoms. The van der Waals surface area contributed by atoms with Gasteiger partial charge in [-0.25, -0.2) is 0 Å². The molecule has 0 saturated heterocycles. The van der Waals surface area contributed by atoms with E-state index in [2.05, 4.69) is 5.32 Å². The van der Waals surface area contributed by atoms with Crippen molar-refractivity contribution in [2.24, 2.45) is 0 Å². The fraction of sp³-hybridized carbons (Fsp3) is 0.364. The molecule has 0 fully saturated rings. The molecular formula is C11H12Cl3NO2. The normalized spacial score (nSPS) is 12.2. The zero-order valence-corrected chi connectivity index (χ0v) is 11.2. The number of halogens is 3. The van der Waals surface area contributed by atoms with E-state index in [4.69, 9.17) is 34.8 Å². The highest BCUT2D eigenvalue weighted by Crippen LogP contribution is 2.26. The van der Waals surface area contributed by atoms with Crippen molar-refractivity contribution in [2.75, 3.05) is 19.0 Å². The van der Waals surface area contributed by atoms with Crippen LogP contribution in [-0.2, 0) is 4.79 Å². The van der Waals surface area contributed by atoms with E-state index in [9.17, 15) is 9.90 Å². The molecule has 0 bridgehead atoms. The second-order valence-electron chi connectivity index (χ2n) is 3.49. The Labute approximate surface area is 115 Å². The predicted molar refractivity (Wildman–Crippen MR) is 70.0 cm³/mol. The van der Waals surface area contributed by atoms with Gasteiger partial charge in [-0.15, -0.1) is 11.6 Å². The van der Waals surface area contributed by atoms with Crippen molar-refractivity contribution in [3.63, 3.8) is 0 Å². The summed E-state index contributed by atoms with van der Waals surface area (Å²) in [6, 6.07) is 5.10. The van der Waals surface area contributed by atoms with Crippen LogP contribution < -0.4 is 5.32 Å². The molecule has 94 valence electrons. The fourth-order valence-electron chi connectivity index (χ4n) is 1.34. The summed E-state index contributed by atoms with van der Waals surface area (Å²) in [5.74, 6) is -0.596. The van der Waals surface area contributed by atoms with E-state index in [1.807, 2.05) is 0 Å². The largest absolute Gasteiger partial charge is 0.396 e. The maximum Gasteiger partial charge on any atom is 0.234 e. The molecule has 0 heterocycles. The smallest absolute Gasteiger partial charge is 0.234 e. The van der Waals surface area contributed by atoms with Crippen molar-refractivity contribution in [3.05, 3.63) is 33.8 Å². The van der Waals surface area contributed by atoms with Gasteiger partial charge in [0.2, 0.25) is 5.91 Å². The molecular weight excluding hydrogens is 284 g/mol. The molecule has 1 unspecified atom stereocenters. The Kier molecular flexibility index (Phi) is 6.06. The number of aliphatic hydroxyl groups excluding tert-OH is 1. The lowest BCUT2D eigenvalue weighted by molar-refractivity contribution is -0.118. The molecule has 0 aliphatic carbocycles. The van der Waals surface area contributed by atoms with Gasteiger partial charge >= 0.3 is 0 Å². The van der Waals surface area contributed by atoms with Crippen LogP contribution in [0.5, 0.6) is 0 Å². The Morgan fingerprint density at radius 3 is 2.59 bits per heavy atom. The molecule has 2 N–H and O–H groups in total. The minimum atomic E-state index is -0.273. The molecule has 0 radical (unpaired) electrons. The number of hydrogen-bond donors (Lipinski definition) is 2. The zero-order chi connectivity index (χ0) is 12.8. The Morgan fingerprint density at radius 2 is 2.06 bits per heavy atom. The summed E-state index contributed by atoms with van der Waals surface area (Å²) in [5, 5.41) is 12.8. The summed E-state index contributed by atoms with van der Waals surface area (Å²) < 4.78 is 0. The molecule has 1 atom stereocenters. The summed E-state index contributed by atoms with van der Waals surface area (Å²) in [6.07, 6.45) is 0. The van der Waals surface area contributed by atoms with Crippen LogP contribution in [0.15, 0.2) is 18.2 Å². The van der Waals surface area contributed by atoms with E-state index in [0.717, 1.165) is 5.56 Å². The van der Waals surface area contributed by atoms with Gasteiger partial charge in [0.25, 0.3) is 0 Å². The number of alkyl halides is 1. The highest BCUT2D eigenvalue weighted by atomic mass is 35.5. The monoisotopic (exact) mass is 295 g/mol. The summed E-state index contributed by atoms with van der Waals surface area (Å²) in [6.45, 7) is 0.209. The number of amides is 1. The van der Waals surface area contributed by atoms with Crippen molar-refractivity contribution >= 4 is 40.7 Å². The molecule has 1 amide bonds. The van der Waals surface area contributed by atoms with Crippen LogP contribution in [0.4, 0.5) is 0 Å². The zero-order valence-electron chi connectivity index (χ0n) is 8.92. The number of carbonyl (C=O) groups excluding carboxylic acids is 1. The quantitative estimate of drug-likeness (QED) is 0.820. The first kappa shape index (κ1) is 14.6. The predicted octanol–water partition coefficient (Wildman–Crippen LogP) is 2.42. The number of benzene rings is 1. The summed E-state index contributed by atoms with van der Waals surface area (Å²) >= 11 is 17.0. The molecule has 0 spiro atoms. The minimum Gasteiger partial charge on any atom is -0.396 e. The summed E-state index contributed by atoms with van der Waals surface area (Å²) in [7, 11) is 0. The third-order valence-corrected chi connectivity index (χ3v) is 3.28. The number of carbonyl (C=O) groups is 1. The molecule has 1 aromatic rings. The lowest BCUT2D eigenvalue weighted by Crippen LogP contribution is -2.30. The molecule has 3 nitrogen and oxygen atoms in total. The van der Waals surface area contributed by atoms with E-state index in [1.165, 1.54) is 0 Å². The number of hydrogen-bond acceptors (Lipinski definition) is 2. The maximum atomic E-state index is 11.0. The van der Waals surface area contributed by atoms with Crippen LogP contribution in [0.1, 0.15) is 11.5 Å². The van der Waals surface area contributed by atoms with E-state index in [0.29, 0.717) is 16.6 Å². The molecule has 0 aliphatic rings. The molecule has 6 heteroatoms. The average Bonchev–Trinajstić information content (AvgIpc) is 2.33. The summed E-state index contributed by atoms with van der Waals surface area (Å²) in [4.78, 5) is 11.0. The number of rotatable bonds is 5. The Hall–Kier alpha value is -0.480. The van der Waals surface area contributed by atoms with Crippen molar-refractivity contribution in [1.82, 2.24) is 5.32 Å². The Balaban J connectivity index is 2.72. The van der Waals surface area contributed by atoms with Gasteiger partial charge in [0, 0.05) is 12.5 Å². The van der Waals surface area contributed by atoms with Gasteiger partial charge in [-0.2, -0.15) is 0 Å². The molecule has 0 saturated carbocycles. The summed E-state index contributed by atoms with van der Waals surface area (Å²) in [5.41, 5.74) is 0.816. The lowest BCUT2D eigenvalue weighted by Gasteiger charge is -2.15. The minimum absolute atomic E-state index is 0.0967. The average molecular weight is 297 g/mol. The van der Waals surface area contributed by atoms with Crippen LogP contribution in [0.2, 0.25) is 10.0 Å². The molecule has 0 aromatic heterocycles. The van der Waals surface area contributed by atoms with E-state index in [-0.39, 0.29) is 24.3 Å². The van der Waals surface area contributed by atoms with Crippen molar-refractivity contribution in [2.45, 2.75) is 5.92 Å². The third kappa shape index (κ3) is 4.36. The number of nitrogens with one attached hydrogen (secondary N) is 1. The van der Waals surface area contributed by atoms with Gasteiger partial charge < -0.3 is 10.4 Å². The van der Waals surface area contributed by atoms with Gasteiger partial charge in [-0.3, -0.25) is 4.79 Å². The Bertz CT molecular complexity index is 398. The van der Waals surface area contributed by atoms with Gasteiger partial charge in [0.05, 0.1) is 16.7 Å². The molecule has 1 aromatic carbocycles. The van der Waals surface area contributed by atoms with Gasteiger partial charge in [-0.1, -0.05) is 29.3 Å². The van der Waals surface area contributed by atoms with Crippen molar-refractivity contribution < 1.29 is 9.90 Å². The van der Waals surface area contributed by atoms with Crippen molar-refractivity contribution in [3.8, 4) is 0 Å². The fourth-order valence-corrected chi connectivity index (χ4v) is 1.74. The first-order chi connectivity index (χ1) is 8.08. The van der Waals surface area contributed by atoms with Crippen LogP contribution in [0.3, 0.4) is 0 Å². The van der Waals surface area contributed by atoms with E-state index >= 15 is 0 Å². The van der Waals surface area contributed by atoms with Crippen LogP contribution in [0, 0.1) is 0 Å². The van der Waals surface area contributed by atoms with Crippen LogP contribution in [0.25, 0.3) is 0 Å². The number of aliphatic hydroxyl groups is 1. The third-order valence-electron chi connectivity index (χ3n) is 2.30. The maximum absolute atomic E-state index is 11.0. The first-order valence-corrected chi connectivity index (χ1v) is 6.26. The standard InChI is InChI=1S/C11H12Cl3NO2/c12-4-11(17)15-5-8(6-16)7-1-2-9(13)10(14)3-7/h1-3,8,16H,4-6H2,(H,15,17). The van der Waals surface area contributed by atoms with Crippen molar-refractivity contribution in [1.29, 1.82) is 0 Å². The van der Waals surface area contributed by atoms with Crippen LogP contribution >= 0.6 is 34.8 Å². The second kappa shape index (κ2) is 7.07. The van der Waals surface area contributed by atoms with Gasteiger partial charge in [-0.05, 0) is 17.7 Å². The second-order valence-corrected chi connectivity index (χ2v) is 4.57. The first-order valence-electron chi connectivity index (χ1n) is 4.97.